The van der Waals surface area contributed by atoms with Crippen LogP contribution in [0.3, 0.4) is 0 Å². The lowest BCUT2D eigenvalue weighted by Crippen LogP contribution is -2.45. The summed E-state index contributed by atoms with van der Waals surface area (Å²) in [6, 6.07) is 3.56. The summed E-state index contributed by atoms with van der Waals surface area (Å²) in [6.07, 6.45) is 0. The highest BCUT2D eigenvalue weighted by molar-refractivity contribution is 6.31. The summed E-state index contributed by atoms with van der Waals surface area (Å²) in [6.45, 7) is 8.51. The molecule has 1 aliphatic rings. The maximum atomic E-state index is 6.12. The number of halogens is 1. The molecule has 1 fully saturated rings. The Morgan fingerprint density at radius 3 is 2.53 bits per heavy atom. The summed E-state index contributed by atoms with van der Waals surface area (Å²) < 4.78 is 0. The van der Waals surface area contributed by atoms with E-state index in [2.05, 4.69) is 21.7 Å². The van der Waals surface area contributed by atoms with Crippen LogP contribution in [0.15, 0.2) is 12.1 Å². The number of nitrogen functional groups attached to an aromatic ring is 1. The van der Waals surface area contributed by atoms with Crippen molar-refractivity contribution in [1.82, 2.24) is 14.8 Å². The zero-order valence-electron chi connectivity index (χ0n) is 10.2. The van der Waals surface area contributed by atoms with Crippen LogP contribution in [-0.2, 0) is 6.54 Å². The fourth-order valence-corrected chi connectivity index (χ4v) is 2.25. The molecule has 2 heterocycles. The van der Waals surface area contributed by atoms with Crippen molar-refractivity contribution in [3.05, 3.63) is 22.8 Å². The molecular weight excluding hydrogens is 236 g/mol. The van der Waals surface area contributed by atoms with Gasteiger partial charge in [0.1, 0.15) is 5.82 Å². The molecule has 0 aliphatic carbocycles. The van der Waals surface area contributed by atoms with Crippen molar-refractivity contribution in [2.24, 2.45) is 0 Å². The van der Waals surface area contributed by atoms with Crippen molar-refractivity contribution in [3.63, 3.8) is 0 Å². The molecule has 94 valence electrons. The molecule has 0 bridgehead atoms. The van der Waals surface area contributed by atoms with Gasteiger partial charge >= 0.3 is 0 Å². The van der Waals surface area contributed by atoms with E-state index in [-0.39, 0.29) is 0 Å². The predicted molar refractivity (Wildman–Crippen MR) is 71.1 cm³/mol. The Balaban J connectivity index is 1.95. The predicted octanol–water partition coefficient (Wildman–Crippen LogP) is 1.45. The third-order valence-corrected chi connectivity index (χ3v) is 3.57. The molecule has 0 radical (unpaired) electrons. The quantitative estimate of drug-likeness (QED) is 0.887. The fourth-order valence-electron chi connectivity index (χ4n) is 2.09. The van der Waals surface area contributed by atoms with Gasteiger partial charge in [-0.3, -0.25) is 4.90 Å². The number of hydrogen-bond acceptors (Lipinski definition) is 4. The Hall–Kier alpha value is -0.840. The van der Waals surface area contributed by atoms with Crippen molar-refractivity contribution in [2.75, 3.05) is 38.5 Å². The van der Waals surface area contributed by atoms with E-state index in [1.165, 1.54) is 0 Å². The van der Waals surface area contributed by atoms with Crippen LogP contribution in [0.2, 0.25) is 5.02 Å². The summed E-state index contributed by atoms with van der Waals surface area (Å²) in [7, 11) is 0. The van der Waals surface area contributed by atoms with Gasteiger partial charge in [-0.15, -0.1) is 0 Å². The maximum absolute atomic E-state index is 6.12. The minimum atomic E-state index is 0.539. The van der Waals surface area contributed by atoms with Crippen molar-refractivity contribution in [1.29, 1.82) is 0 Å². The molecule has 0 atom stereocenters. The first-order chi connectivity index (χ1) is 8.19. The number of nitrogens with two attached hydrogens (primary N) is 1. The molecule has 1 aromatic rings. The summed E-state index contributed by atoms with van der Waals surface area (Å²) in [5, 5.41) is 0.706. The van der Waals surface area contributed by atoms with Crippen LogP contribution >= 0.6 is 11.6 Å². The number of hydrogen-bond donors (Lipinski definition) is 1. The van der Waals surface area contributed by atoms with Gasteiger partial charge in [0.05, 0.1) is 10.7 Å². The first-order valence-corrected chi connectivity index (χ1v) is 6.42. The topological polar surface area (TPSA) is 45.4 Å². The molecule has 5 heteroatoms. The Labute approximate surface area is 107 Å². The third-order valence-electron chi connectivity index (χ3n) is 3.23. The van der Waals surface area contributed by atoms with Crippen LogP contribution in [0, 0.1) is 0 Å². The Morgan fingerprint density at radius 2 is 1.88 bits per heavy atom. The summed E-state index contributed by atoms with van der Waals surface area (Å²) >= 11 is 6.12. The van der Waals surface area contributed by atoms with Gasteiger partial charge in [-0.1, -0.05) is 18.5 Å². The number of piperazine rings is 1. The van der Waals surface area contributed by atoms with E-state index in [0.717, 1.165) is 45.0 Å². The van der Waals surface area contributed by atoms with Crippen LogP contribution in [-0.4, -0.2) is 47.5 Å². The third kappa shape index (κ3) is 3.31. The number of rotatable bonds is 3. The second kappa shape index (κ2) is 5.67. The lowest BCUT2D eigenvalue weighted by Gasteiger charge is -2.33. The highest BCUT2D eigenvalue weighted by atomic mass is 35.5. The second-order valence-corrected chi connectivity index (χ2v) is 4.78. The fraction of sp³-hybridized carbons (Fsp3) is 0.583. The van der Waals surface area contributed by atoms with E-state index in [1.54, 1.807) is 6.07 Å². The maximum Gasteiger partial charge on any atom is 0.123 e. The number of likely N-dealkylation sites (N-methyl/N-ethyl adjacent to an activating group) is 1. The molecule has 1 saturated heterocycles. The highest BCUT2D eigenvalue weighted by Gasteiger charge is 2.17. The normalized spacial score (nSPS) is 18.5. The summed E-state index contributed by atoms with van der Waals surface area (Å²) in [4.78, 5) is 9.12. The minimum absolute atomic E-state index is 0.539. The lowest BCUT2D eigenvalue weighted by molar-refractivity contribution is 0.131. The molecular formula is C12H19ClN4. The molecule has 2 N–H and O–H groups in total. The van der Waals surface area contributed by atoms with Gasteiger partial charge in [0.15, 0.2) is 0 Å². The summed E-state index contributed by atoms with van der Waals surface area (Å²) in [5.41, 5.74) is 6.57. The number of pyridine rings is 1. The van der Waals surface area contributed by atoms with Gasteiger partial charge in [-0.25, -0.2) is 4.98 Å². The molecule has 4 nitrogen and oxygen atoms in total. The van der Waals surface area contributed by atoms with Gasteiger partial charge in [0.2, 0.25) is 0 Å². The SMILES string of the molecule is CCN1CCN(Cc2nc(N)ccc2Cl)CC1. The van der Waals surface area contributed by atoms with E-state index in [9.17, 15) is 0 Å². The monoisotopic (exact) mass is 254 g/mol. The van der Waals surface area contributed by atoms with Gasteiger partial charge in [-0.05, 0) is 18.7 Å². The highest BCUT2D eigenvalue weighted by Crippen LogP contribution is 2.17. The Morgan fingerprint density at radius 1 is 1.24 bits per heavy atom. The molecule has 0 unspecified atom stereocenters. The van der Waals surface area contributed by atoms with E-state index < -0.39 is 0 Å². The van der Waals surface area contributed by atoms with Gasteiger partial charge in [-0.2, -0.15) is 0 Å². The van der Waals surface area contributed by atoms with E-state index in [4.69, 9.17) is 17.3 Å². The zero-order valence-corrected chi connectivity index (χ0v) is 11.0. The molecule has 0 aromatic carbocycles. The first-order valence-electron chi connectivity index (χ1n) is 6.04. The first kappa shape index (κ1) is 12.6. The zero-order chi connectivity index (χ0) is 12.3. The molecule has 1 aromatic heterocycles. The van der Waals surface area contributed by atoms with Crippen molar-refractivity contribution in [2.45, 2.75) is 13.5 Å². The van der Waals surface area contributed by atoms with Crippen LogP contribution in [0.5, 0.6) is 0 Å². The van der Waals surface area contributed by atoms with E-state index in [0.29, 0.717) is 10.8 Å². The second-order valence-electron chi connectivity index (χ2n) is 4.38. The molecule has 17 heavy (non-hydrogen) atoms. The summed E-state index contributed by atoms with van der Waals surface area (Å²) in [5.74, 6) is 0.539. The number of aromatic nitrogens is 1. The Kier molecular flexibility index (Phi) is 4.20. The molecule has 2 rings (SSSR count). The molecule has 0 saturated carbocycles. The standard InChI is InChI=1S/C12H19ClN4/c1-2-16-5-7-17(8-6-16)9-11-10(13)3-4-12(14)15-11/h3-4H,2,5-9H2,1H3,(H2,14,15). The van der Waals surface area contributed by atoms with Gasteiger partial charge in [0, 0.05) is 32.7 Å². The van der Waals surface area contributed by atoms with Crippen LogP contribution in [0.4, 0.5) is 5.82 Å². The largest absolute Gasteiger partial charge is 0.384 e. The average molecular weight is 255 g/mol. The van der Waals surface area contributed by atoms with Crippen molar-refractivity contribution < 1.29 is 0 Å². The lowest BCUT2D eigenvalue weighted by atomic mass is 10.2. The van der Waals surface area contributed by atoms with Crippen LogP contribution in [0.25, 0.3) is 0 Å². The van der Waals surface area contributed by atoms with Gasteiger partial charge < -0.3 is 10.6 Å². The van der Waals surface area contributed by atoms with E-state index in [1.807, 2.05) is 6.07 Å². The smallest absolute Gasteiger partial charge is 0.123 e. The van der Waals surface area contributed by atoms with Crippen LogP contribution < -0.4 is 5.73 Å². The number of nitrogens with zero attached hydrogens (tertiary/aromatic N) is 3. The van der Waals surface area contributed by atoms with Crippen molar-refractivity contribution >= 4 is 17.4 Å². The molecule has 0 spiro atoms. The molecule has 1 aliphatic heterocycles. The van der Waals surface area contributed by atoms with Crippen LogP contribution in [0.1, 0.15) is 12.6 Å². The molecule has 0 amide bonds. The van der Waals surface area contributed by atoms with Crippen molar-refractivity contribution in [3.8, 4) is 0 Å². The van der Waals surface area contributed by atoms with E-state index >= 15 is 0 Å². The van der Waals surface area contributed by atoms with Gasteiger partial charge in [0.25, 0.3) is 0 Å². The Bertz CT molecular complexity index is 375. The average Bonchev–Trinajstić information content (AvgIpc) is 2.35. The minimum Gasteiger partial charge on any atom is -0.384 e. The number of anilines is 1.